The predicted molar refractivity (Wildman–Crippen MR) is 82.2 cm³/mol. The molecule has 2 aliphatic rings. The monoisotopic (exact) mass is 328 g/mol. The summed E-state index contributed by atoms with van der Waals surface area (Å²) in [5, 5.41) is 7.19. The van der Waals surface area contributed by atoms with Gasteiger partial charge in [0.15, 0.2) is 15.7 Å². The van der Waals surface area contributed by atoms with Crippen molar-refractivity contribution in [3.63, 3.8) is 0 Å². The highest BCUT2D eigenvalue weighted by Gasteiger charge is 2.41. The fourth-order valence-corrected chi connectivity index (χ4v) is 5.44. The summed E-state index contributed by atoms with van der Waals surface area (Å²) in [4.78, 5) is 6.55. The van der Waals surface area contributed by atoms with Crippen LogP contribution in [-0.2, 0) is 9.84 Å². The zero-order chi connectivity index (χ0) is 15.7. The normalized spacial score (nSPS) is 30.5. The van der Waals surface area contributed by atoms with E-state index in [-0.39, 0.29) is 29.6 Å². The van der Waals surface area contributed by atoms with Crippen LogP contribution in [0, 0.1) is 6.92 Å². The van der Waals surface area contributed by atoms with Crippen molar-refractivity contribution in [1.29, 1.82) is 0 Å². The van der Waals surface area contributed by atoms with E-state index in [1.54, 1.807) is 6.92 Å². The first kappa shape index (κ1) is 15.9. The molecule has 0 bridgehead atoms. The number of aryl methyl sites for hydroxylation is 1. The molecule has 22 heavy (non-hydrogen) atoms. The van der Waals surface area contributed by atoms with Gasteiger partial charge in [-0.25, -0.2) is 8.42 Å². The Morgan fingerprint density at radius 3 is 2.64 bits per heavy atom. The summed E-state index contributed by atoms with van der Waals surface area (Å²) in [6, 6.07) is -0.172. The molecule has 1 N–H and O–H groups in total. The Morgan fingerprint density at radius 1 is 1.27 bits per heavy atom. The van der Waals surface area contributed by atoms with Crippen LogP contribution in [0.25, 0.3) is 0 Å². The molecule has 2 saturated heterocycles. The predicted octanol–water partition coefficient (Wildman–Crippen LogP) is 0.680. The van der Waals surface area contributed by atoms with E-state index in [9.17, 15) is 8.42 Å². The van der Waals surface area contributed by atoms with Crippen LogP contribution in [0.4, 0.5) is 0 Å². The number of hydrogen-bond acceptors (Lipinski definition) is 7. The van der Waals surface area contributed by atoms with E-state index in [1.807, 2.05) is 6.92 Å². The maximum Gasteiger partial charge on any atom is 0.243 e. The molecule has 3 rings (SSSR count). The first-order valence-corrected chi connectivity index (χ1v) is 9.77. The van der Waals surface area contributed by atoms with Gasteiger partial charge in [-0.15, -0.1) is 0 Å². The SMILES string of the molecule is Cc1noc([C@H](C)N[C@H]2CS(=O)(=O)C[C@@H]2N2CCCCC2)n1. The number of sulfone groups is 1. The highest BCUT2D eigenvalue weighted by atomic mass is 32.2. The molecule has 0 aromatic carbocycles. The van der Waals surface area contributed by atoms with Gasteiger partial charge in [-0.3, -0.25) is 4.90 Å². The highest BCUT2D eigenvalue weighted by molar-refractivity contribution is 7.91. The molecule has 2 aliphatic heterocycles. The molecule has 1 aromatic heterocycles. The Hall–Kier alpha value is -0.990. The lowest BCUT2D eigenvalue weighted by atomic mass is 10.0. The van der Waals surface area contributed by atoms with Gasteiger partial charge in [0.25, 0.3) is 0 Å². The van der Waals surface area contributed by atoms with Gasteiger partial charge in [0.05, 0.1) is 17.5 Å². The van der Waals surface area contributed by atoms with E-state index in [1.165, 1.54) is 6.42 Å². The third-order valence-corrected chi connectivity index (χ3v) is 6.28. The lowest BCUT2D eigenvalue weighted by molar-refractivity contribution is 0.149. The van der Waals surface area contributed by atoms with Crippen LogP contribution < -0.4 is 5.32 Å². The number of nitrogens with zero attached hydrogens (tertiary/aromatic N) is 3. The van der Waals surface area contributed by atoms with Crippen LogP contribution in [0.15, 0.2) is 4.52 Å². The Bertz CT molecular complexity index is 609. The van der Waals surface area contributed by atoms with Crippen LogP contribution in [0.3, 0.4) is 0 Å². The van der Waals surface area contributed by atoms with Gasteiger partial charge in [0.1, 0.15) is 0 Å². The van der Waals surface area contributed by atoms with Crippen LogP contribution in [-0.4, -0.2) is 60.1 Å². The van der Waals surface area contributed by atoms with Gasteiger partial charge in [-0.2, -0.15) is 4.98 Å². The van der Waals surface area contributed by atoms with E-state index < -0.39 is 9.84 Å². The molecule has 3 atom stereocenters. The summed E-state index contributed by atoms with van der Waals surface area (Å²) in [6.45, 7) is 5.69. The van der Waals surface area contributed by atoms with Crippen molar-refractivity contribution >= 4 is 9.84 Å². The fourth-order valence-electron chi connectivity index (χ4n) is 3.48. The Labute approximate surface area is 131 Å². The Balaban J connectivity index is 1.71. The number of hydrogen-bond donors (Lipinski definition) is 1. The molecule has 0 aliphatic carbocycles. The van der Waals surface area contributed by atoms with Crippen LogP contribution in [0.1, 0.15) is 43.9 Å². The van der Waals surface area contributed by atoms with E-state index >= 15 is 0 Å². The largest absolute Gasteiger partial charge is 0.338 e. The van der Waals surface area contributed by atoms with Crippen molar-refractivity contribution in [2.75, 3.05) is 24.6 Å². The van der Waals surface area contributed by atoms with E-state index in [0.29, 0.717) is 11.7 Å². The second-order valence-corrected chi connectivity index (χ2v) is 8.57. The van der Waals surface area contributed by atoms with Crippen molar-refractivity contribution < 1.29 is 12.9 Å². The van der Waals surface area contributed by atoms with Crippen molar-refractivity contribution in [3.05, 3.63) is 11.7 Å². The molecule has 0 saturated carbocycles. The van der Waals surface area contributed by atoms with Gasteiger partial charge in [-0.1, -0.05) is 11.6 Å². The molecular formula is C14H24N4O3S. The second-order valence-electron chi connectivity index (χ2n) is 6.42. The lowest BCUT2D eigenvalue weighted by Gasteiger charge is -2.35. The number of likely N-dealkylation sites (tertiary alicyclic amines) is 1. The first-order valence-electron chi connectivity index (χ1n) is 7.95. The quantitative estimate of drug-likeness (QED) is 0.869. The van der Waals surface area contributed by atoms with Crippen LogP contribution >= 0.6 is 0 Å². The standard InChI is InChI=1S/C14H24N4O3S/c1-10(14-16-11(2)17-21-14)15-12-8-22(19,20)9-13(12)18-6-4-3-5-7-18/h10,12-13,15H,3-9H2,1-2H3/t10-,12-,13-/m0/s1. The van der Waals surface area contributed by atoms with Gasteiger partial charge in [-0.05, 0) is 39.8 Å². The molecule has 3 heterocycles. The number of nitrogens with one attached hydrogen (secondary N) is 1. The minimum atomic E-state index is -2.99. The van der Waals surface area contributed by atoms with E-state index in [2.05, 4.69) is 20.4 Å². The van der Waals surface area contributed by atoms with Crippen molar-refractivity contribution in [3.8, 4) is 0 Å². The fraction of sp³-hybridized carbons (Fsp3) is 0.857. The summed E-state index contributed by atoms with van der Waals surface area (Å²) >= 11 is 0. The topological polar surface area (TPSA) is 88.3 Å². The second kappa shape index (κ2) is 6.25. The number of piperidine rings is 1. The lowest BCUT2D eigenvalue weighted by Crippen LogP contribution is -2.51. The van der Waals surface area contributed by atoms with Gasteiger partial charge < -0.3 is 9.84 Å². The smallest absolute Gasteiger partial charge is 0.243 e. The maximum absolute atomic E-state index is 12.1. The van der Waals surface area contributed by atoms with Crippen molar-refractivity contribution in [2.24, 2.45) is 0 Å². The third-order valence-electron chi connectivity index (χ3n) is 4.56. The van der Waals surface area contributed by atoms with Gasteiger partial charge >= 0.3 is 0 Å². The summed E-state index contributed by atoms with van der Waals surface area (Å²) in [7, 11) is -2.99. The van der Waals surface area contributed by atoms with Crippen molar-refractivity contribution in [1.82, 2.24) is 20.4 Å². The molecule has 7 nitrogen and oxygen atoms in total. The average molecular weight is 328 g/mol. The molecule has 124 valence electrons. The zero-order valence-electron chi connectivity index (χ0n) is 13.2. The zero-order valence-corrected chi connectivity index (χ0v) is 14.0. The van der Waals surface area contributed by atoms with E-state index in [4.69, 9.17) is 4.52 Å². The molecule has 0 radical (unpaired) electrons. The minimum absolute atomic E-state index is 0.0526. The summed E-state index contributed by atoms with van der Waals surface area (Å²) < 4.78 is 29.4. The van der Waals surface area contributed by atoms with Crippen LogP contribution in [0.5, 0.6) is 0 Å². The molecular weight excluding hydrogens is 304 g/mol. The number of aromatic nitrogens is 2. The van der Waals surface area contributed by atoms with Gasteiger partial charge in [0.2, 0.25) is 5.89 Å². The first-order chi connectivity index (χ1) is 10.4. The van der Waals surface area contributed by atoms with Crippen LogP contribution in [0.2, 0.25) is 0 Å². The molecule has 8 heteroatoms. The number of rotatable bonds is 4. The van der Waals surface area contributed by atoms with E-state index in [0.717, 1.165) is 25.9 Å². The Morgan fingerprint density at radius 2 is 2.00 bits per heavy atom. The molecule has 0 spiro atoms. The average Bonchev–Trinajstić information content (AvgIpc) is 3.03. The molecule has 0 amide bonds. The van der Waals surface area contributed by atoms with Gasteiger partial charge in [0, 0.05) is 12.1 Å². The molecule has 0 unspecified atom stereocenters. The summed E-state index contributed by atoms with van der Waals surface area (Å²) in [6.07, 6.45) is 3.55. The minimum Gasteiger partial charge on any atom is -0.338 e. The maximum atomic E-state index is 12.1. The Kier molecular flexibility index (Phi) is 4.52. The summed E-state index contributed by atoms with van der Waals surface area (Å²) in [5.41, 5.74) is 0. The summed E-state index contributed by atoms with van der Waals surface area (Å²) in [5.74, 6) is 1.54. The third kappa shape index (κ3) is 3.49. The highest BCUT2D eigenvalue weighted by Crippen LogP contribution is 2.24. The molecule has 1 aromatic rings. The van der Waals surface area contributed by atoms with Crippen molar-refractivity contribution in [2.45, 2.75) is 51.2 Å². The molecule has 2 fully saturated rings.